The van der Waals surface area contributed by atoms with Crippen LogP contribution in [-0.2, 0) is 4.79 Å². The monoisotopic (exact) mass is 244 g/mol. The van der Waals surface area contributed by atoms with E-state index in [2.05, 4.69) is 31.0 Å². The minimum absolute atomic E-state index is 0.616. The van der Waals surface area contributed by atoms with Gasteiger partial charge >= 0.3 is 5.97 Å². The van der Waals surface area contributed by atoms with Gasteiger partial charge in [0.05, 0.1) is 0 Å². The van der Waals surface area contributed by atoms with Gasteiger partial charge in [-0.2, -0.15) is 0 Å². The number of nitrogens with one attached hydrogen (secondary N) is 1. The van der Waals surface area contributed by atoms with Crippen molar-refractivity contribution in [1.29, 1.82) is 0 Å². The van der Waals surface area contributed by atoms with Crippen LogP contribution in [0.2, 0.25) is 0 Å². The van der Waals surface area contributed by atoms with E-state index in [0.29, 0.717) is 18.9 Å². The molecule has 0 radical (unpaired) electrons. The second-order valence-electron chi connectivity index (χ2n) is 5.20. The number of hydrogen-bond donors (Lipinski definition) is 2. The normalized spacial score (nSPS) is 15.2. The quantitative estimate of drug-likeness (QED) is 0.649. The Morgan fingerprint density at radius 1 is 1.41 bits per heavy atom. The van der Waals surface area contributed by atoms with Crippen LogP contribution in [-0.4, -0.2) is 47.7 Å². The number of carboxylic acids is 1. The highest BCUT2D eigenvalue weighted by molar-refractivity contribution is 5.78. The standard InChI is InChI=1S/C13H28N2O2/c1-6-14-13(5,12(16)17)8-9-15(7-2)10-11(3)4/h11,14H,6-10H2,1-5H3,(H,16,17). The van der Waals surface area contributed by atoms with Crippen molar-refractivity contribution in [2.45, 2.75) is 46.6 Å². The fraction of sp³-hybridized carbons (Fsp3) is 0.923. The number of aliphatic carboxylic acids is 1. The third-order valence-corrected chi connectivity index (χ3v) is 3.04. The summed E-state index contributed by atoms with van der Waals surface area (Å²) in [4.78, 5) is 13.6. The summed E-state index contributed by atoms with van der Waals surface area (Å²) in [5.74, 6) is -0.148. The summed E-state index contributed by atoms with van der Waals surface area (Å²) in [6.07, 6.45) is 0.636. The van der Waals surface area contributed by atoms with E-state index in [4.69, 9.17) is 0 Å². The van der Waals surface area contributed by atoms with Gasteiger partial charge in [-0.3, -0.25) is 4.79 Å². The Balaban J connectivity index is 4.32. The third-order valence-electron chi connectivity index (χ3n) is 3.04. The Labute approximate surface area is 105 Å². The van der Waals surface area contributed by atoms with E-state index in [1.54, 1.807) is 6.92 Å². The molecule has 0 aromatic carbocycles. The first-order valence-electron chi connectivity index (χ1n) is 6.56. The van der Waals surface area contributed by atoms with Gasteiger partial charge < -0.3 is 15.3 Å². The predicted molar refractivity (Wildman–Crippen MR) is 71.3 cm³/mol. The number of nitrogens with zero attached hydrogens (tertiary/aromatic N) is 1. The van der Waals surface area contributed by atoms with E-state index in [-0.39, 0.29) is 0 Å². The zero-order valence-corrected chi connectivity index (χ0v) is 11.9. The van der Waals surface area contributed by atoms with Gasteiger partial charge in [0.1, 0.15) is 5.54 Å². The van der Waals surface area contributed by atoms with Crippen LogP contribution in [0, 0.1) is 5.92 Å². The van der Waals surface area contributed by atoms with E-state index in [0.717, 1.165) is 19.6 Å². The van der Waals surface area contributed by atoms with E-state index in [9.17, 15) is 9.90 Å². The number of likely N-dealkylation sites (N-methyl/N-ethyl adjacent to an activating group) is 1. The molecule has 0 aliphatic carbocycles. The Hall–Kier alpha value is -0.610. The molecule has 17 heavy (non-hydrogen) atoms. The van der Waals surface area contributed by atoms with E-state index in [1.165, 1.54) is 0 Å². The van der Waals surface area contributed by atoms with Crippen molar-refractivity contribution in [3.05, 3.63) is 0 Å². The lowest BCUT2D eigenvalue weighted by atomic mass is 9.97. The molecule has 0 saturated carbocycles. The SMILES string of the molecule is CCNC(C)(CCN(CC)CC(C)C)C(=O)O. The van der Waals surface area contributed by atoms with Crippen LogP contribution in [0.25, 0.3) is 0 Å². The lowest BCUT2D eigenvalue weighted by Crippen LogP contribution is -2.51. The molecule has 0 spiro atoms. The van der Waals surface area contributed by atoms with Crippen LogP contribution in [0.1, 0.15) is 41.0 Å². The molecule has 0 heterocycles. The smallest absolute Gasteiger partial charge is 0.323 e. The first-order valence-corrected chi connectivity index (χ1v) is 6.56. The Morgan fingerprint density at radius 2 is 2.00 bits per heavy atom. The summed E-state index contributed by atoms with van der Waals surface area (Å²) in [6.45, 7) is 13.7. The van der Waals surface area contributed by atoms with Crippen LogP contribution >= 0.6 is 0 Å². The molecule has 0 aliphatic heterocycles. The maximum atomic E-state index is 11.3. The molecule has 0 bridgehead atoms. The van der Waals surface area contributed by atoms with Crippen molar-refractivity contribution in [2.24, 2.45) is 5.92 Å². The Morgan fingerprint density at radius 3 is 2.35 bits per heavy atom. The molecule has 0 aromatic heterocycles. The minimum atomic E-state index is -0.806. The van der Waals surface area contributed by atoms with Gasteiger partial charge in [0.15, 0.2) is 0 Å². The largest absolute Gasteiger partial charge is 0.480 e. The zero-order chi connectivity index (χ0) is 13.5. The highest BCUT2D eigenvalue weighted by Gasteiger charge is 2.31. The van der Waals surface area contributed by atoms with Crippen molar-refractivity contribution in [1.82, 2.24) is 10.2 Å². The van der Waals surface area contributed by atoms with Crippen molar-refractivity contribution in [3.63, 3.8) is 0 Å². The molecule has 2 N–H and O–H groups in total. The summed E-state index contributed by atoms with van der Waals surface area (Å²) < 4.78 is 0. The average molecular weight is 244 g/mol. The summed E-state index contributed by atoms with van der Waals surface area (Å²) in [7, 11) is 0. The molecule has 4 heteroatoms. The van der Waals surface area contributed by atoms with Gasteiger partial charge in [-0.25, -0.2) is 0 Å². The van der Waals surface area contributed by atoms with E-state index < -0.39 is 11.5 Å². The molecule has 0 amide bonds. The lowest BCUT2D eigenvalue weighted by molar-refractivity contribution is -0.144. The number of carboxylic acid groups (broad SMARTS) is 1. The topological polar surface area (TPSA) is 52.6 Å². The highest BCUT2D eigenvalue weighted by Crippen LogP contribution is 2.12. The molecule has 0 saturated heterocycles. The van der Waals surface area contributed by atoms with Crippen molar-refractivity contribution >= 4 is 5.97 Å². The van der Waals surface area contributed by atoms with E-state index in [1.807, 2.05) is 6.92 Å². The third kappa shape index (κ3) is 6.03. The van der Waals surface area contributed by atoms with Gasteiger partial charge in [-0.05, 0) is 32.4 Å². The lowest BCUT2D eigenvalue weighted by Gasteiger charge is -2.30. The summed E-state index contributed by atoms with van der Waals surface area (Å²) in [6, 6.07) is 0. The maximum absolute atomic E-state index is 11.3. The molecular weight excluding hydrogens is 216 g/mol. The first-order chi connectivity index (χ1) is 7.85. The predicted octanol–water partition coefficient (Wildman–Crippen LogP) is 1.81. The van der Waals surface area contributed by atoms with Crippen LogP contribution in [0.3, 0.4) is 0 Å². The van der Waals surface area contributed by atoms with Crippen molar-refractivity contribution in [3.8, 4) is 0 Å². The molecule has 4 nitrogen and oxygen atoms in total. The molecule has 0 fully saturated rings. The second kappa shape index (κ2) is 7.67. The number of rotatable bonds is 9. The summed E-state index contributed by atoms with van der Waals surface area (Å²) >= 11 is 0. The van der Waals surface area contributed by atoms with Crippen molar-refractivity contribution in [2.75, 3.05) is 26.2 Å². The number of carbonyl (C=O) groups is 1. The van der Waals surface area contributed by atoms with Gasteiger partial charge in [-0.1, -0.05) is 27.7 Å². The van der Waals surface area contributed by atoms with Crippen LogP contribution in [0.5, 0.6) is 0 Å². The van der Waals surface area contributed by atoms with Gasteiger partial charge in [-0.15, -0.1) is 0 Å². The molecular formula is C13H28N2O2. The van der Waals surface area contributed by atoms with Crippen LogP contribution in [0.15, 0.2) is 0 Å². The number of hydrogen-bond acceptors (Lipinski definition) is 3. The van der Waals surface area contributed by atoms with Gasteiger partial charge in [0, 0.05) is 13.1 Å². The van der Waals surface area contributed by atoms with E-state index >= 15 is 0 Å². The first kappa shape index (κ1) is 16.4. The van der Waals surface area contributed by atoms with Crippen LogP contribution in [0.4, 0.5) is 0 Å². The molecule has 102 valence electrons. The highest BCUT2D eigenvalue weighted by atomic mass is 16.4. The van der Waals surface area contributed by atoms with Crippen LogP contribution < -0.4 is 5.32 Å². The minimum Gasteiger partial charge on any atom is -0.480 e. The second-order valence-corrected chi connectivity index (χ2v) is 5.20. The molecule has 0 aliphatic rings. The Kier molecular flexibility index (Phi) is 7.39. The van der Waals surface area contributed by atoms with Crippen molar-refractivity contribution < 1.29 is 9.90 Å². The van der Waals surface area contributed by atoms with Gasteiger partial charge in [0.2, 0.25) is 0 Å². The molecule has 0 aromatic rings. The zero-order valence-electron chi connectivity index (χ0n) is 11.9. The summed E-state index contributed by atoms with van der Waals surface area (Å²) in [5.41, 5.74) is -0.806. The molecule has 0 rings (SSSR count). The summed E-state index contributed by atoms with van der Waals surface area (Å²) in [5, 5.41) is 12.3. The fourth-order valence-corrected chi connectivity index (χ4v) is 1.94. The fourth-order valence-electron chi connectivity index (χ4n) is 1.94. The molecule has 1 atom stereocenters. The maximum Gasteiger partial charge on any atom is 0.323 e. The van der Waals surface area contributed by atoms with Gasteiger partial charge in [0.25, 0.3) is 0 Å². The molecule has 1 unspecified atom stereocenters. The average Bonchev–Trinajstić information content (AvgIpc) is 2.23. The Bertz CT molecular complexity index is 231.